The molecule has 1 aromatic carbocycles. The quantitative estimate of drug-likeness (QED) is 0.789. The number of sulfonamides is 1. The van der Waals surface area contributed by atoms with Crippen LogP contribution in [0.1, 0.15) is 10.4 Å². The molecule has 0 unspecified atom stereocenters. The smallest absolute Gasteiger partial charge is 0.336 e. The van der Waals surface area contributed by atoms with Gasteiger partial charge in [0, 0.05) is 22.0 Å². The first-order valence-electron chi connectivity index (χ1n) is 6.30. The van der Waals surface area contributed by atoms with Gasteiger partial charge in [0.05, 0.1) is 11.3 Å². The molecule has 23 heavy (non-hydrogen) atoms. The molecule has 0 fully saturated rings. The molecule has 0 saturated carbocycles. The molecule has 1 aromatic heterocycles. The number of carbonyl (C=O) groups is 1. The first kappa shape index (κ1) is 16.1. The van der Waals surface area contributed by atoms with E-state index in [0.29, 0.717) is 29.2 Å². The van der Waals surface area contributed by atoms with Crippen molar-refractivity contribution in [2.24, 2.45) is 0 Å². The second-order valence-electron chi connectivity index (χ2n) is 4.54. The molecule has 0 amide bonds. The van der Waals surface area contributed by atoms with Crippen LogP contribution in [-0.2, 0) is 10.0 Å². The number of aromatic carboxylic acids is 1. The van der Waals surface area contributed by atoms with Gasteiger partial charge >= 0.3 is 5.97 Å². The van der Waals surface area contributed by atoms with Crippen LogP contribution in [0.15, 0.2) is 32.3 Å². The molecule has 0 bridgehead atoms. The van der Waals surface area contributed by atoms with Gasteiger partial charge in [-0.15, -0.1) is 11.3 Å². The second-order valence-corrected chi connectivity index (χ2v) is 8.22. The van der Waals surface area contributed by atoms with Gasteiger partial charge in [0.25, 0.3) is 10.0 Å². The number of rotatable bonds is 4. The van der Waals surface area contributed by atoms with Gasteiger partial charge in [0.1, 0.15) is 17.4 Å². The maximum Gasteiger partial charge on any atom is 0.336 e. The number of carboxylic acid groups (broad SMARTS) is 1. The third-order valence-electron chi connectivity index (χ3n) is 2.96. The van der Waals surface area contributed by atoms with Crippen molar-refractivity contribution in [1.29, 1.82) is 0 Å². The fourth-order valence-corrected chi connectivity index (χ4v) is 4.68. The van der Waals surface area contributed by atoms with E-state index in [2.05, 4.69) is 20.7 Å². The van der Waals surface area contributed by atoms with Crippen molar-refractivity contribution in [3.8, 4) is 11.5 Å². The number of fused-ring (bicyclic) bond motifs is 1. The number of hydrogen-bond acceptors (Lipinski definition) is 6. The van der Waals surface area contributed by atoms with Crippen molar-refractivity contribution >= 4 is 48.9 Å². The maximum atomic E-state index is 12.4. The predicted molar refractivity (Wildman–Crippen MR) is 87.2 cm³/mol. The van der Waals surface area contributed by atoms with E-state index in [-0.39, 0.29) is 15.5 Å². The molecular weight excluding hydrogens is 410 g/mol. The van der Waals surface area contributed by atoms with Crippen molar-refractivity contribution < 1.29 is 27.8 Å². The van der Waals surface area contributed by atoms with E-state index >= 15 is 0 Å². The number of thiophene rings is 1. The minimum atomic E-state index is -3.90. The van der Waals surface area contributed by atoms with Gasteiger partial charge < -0.3 is 14.6 Å². The highest BCUT2D eigenvalue weighted by atomic mass is 79.9. The van der Waals surface area contributed by atoms with Crippen molar-refractivity contribution in [3.63, 3.8) is 0 Å². The lowest BCUT2D eigenvalue weighted by molar-refractivity contribution is 0.0697. The van der Waals surface area contributed by atoms with E-state index in [9.17, 15) is 13.2 Å². The summed E-state index contributed by atoms with van der Waals surface area (Å²) in [7, 11) is -3.90. The summed E-state index contributed by atoms with van der Waals surface area (Å²) in [6.07, 6.45) is 0. The molecule has 1 aliphatic rings. The average molecular weight is 420 g/mol. The predicted octanol–water partition coefficient (Wildman–Crippen LogP) is 2.78. The lowest BCUT2D eigenvalue weighted by atomic mass is 10.2. The van der Waals surface area contributed by atoms with E-state index in [0.717, 1.165) is 17.4 Å². The fourth-order valence-electron chi connectivity index (χ4n) is 1.91. The minimum Gasteiger partial charge on any atom is -0.486 e. The molecule has 1 aliphatic heterocycles. The molecule has 7 nitrogen and oxygen atoms in total. The Kier molecular flexibility index (Phi) is 4.21. The summed E-state index contributed by atoms with van der Waals surface area (Å²) < 4.78 is 38.4. The van der Waals surface area contributed by atoms with Crippen molar-refractivity contribution in [2.75, 3.05) is 17.9 Å². The normalized spacial score (nSPS) is 13.6. The van der Waals surface area contributed by atoms with Gasteiger partial charge in [-0.2, -0.15) is 0 Å². The Hall–Kier alpha value is -1.78. The van der Waals surface area contributed by atoms with E-state index in [1.54, 1.807) is 6.07 Å². The van der Waals surface area contributed by atoms with Crippen LogP contribution in [0.4, 0.5) is 5.69 Å². The van der Waals surface area contributed by atoms with Gasteiger partial charge in [-0.3, -0.25) is 4.72 Å². The third kappa shape index (κ3) is 3.28. The highest BCUT2D eigenvalue weighted by molar-refractivity contribution is 9.10. The number of halogens is 1. The molecule has 2 heterocycles. The summed E-state index contributed by atoms with van der Waals surface area (Å²) in [5.41, 5.74) is 0.205. The molecule has 10 heteroatoms. The topological polar surface area (TPSA) is 102 Å². The Labute approximate surface area is 144 Å². The Morgan fingerprint density at radius 1 is 1.22 bits per heavy atom. The summed E-state index contributed by atoms with van der Waals surface area (Å²) in [6, 6.07) is 4.24. The molecule has 0 atom stereocenters. The maximum absolute atomic E-state index is 12.4. The number of nitrogens with one attached hydrogen (secondary N) is 1. The van der Waals surface area contributed by atoms with Crippen LogP contribution in [0.25, 0.3) is 0 Å². The van der Waals surface area contributed by atoms with Gasteiger partial charge in [-0.25, -0.2) is 13.2 Å². The largest absolute Gasteiger partial charge is 0.486 e. The Morgan fingerprint density at radius 2 is 1.87 bits per heavy atom. The van der Waals surface area contributed by atoms with Crippen LogP contribution in [0.3, 0.4) is 0 Å². The van der Waals surface area contributed by atoms with Crippen LogP contribution in [0.5, 0.6) is 11.5 Å². The van der Waals surface area contributed by atoms with E-state index in [1.165, 1.54) is 11.4 Å². The van der Waals surface area contributed by atoms with Crippen LogP contribution in [-0.4, -0.2) is 32.7 Å². The Morgan fingerprint density at radius 3 is 2.48 bits per heavy atom. The first-order valence-corrected chi connectivity index (χ1v) is 9.46. The summed E-state index contributed by atoms with van der Waals surface area (Å²) in [5.74, 6) is -0.215. The molecule has 3 rings (SSSR count). The van der Waals surface area contributed by atoms with E-state index < -0.39 is 16.0 Å². The van der Waals surface area contributed by atoms with Crippen LogP contribution in [0.2, 0.25) is 0 Å². The molecule has 0 radical (unpaired) electrons. The average Bonchev–Trinajstić information content (AvgIpc) is 2.99. The van der Waals surface area contributed by atoms with Crippen LogP contribution >= 0.6 is 27.3 Å². The van der Waals surface area contributed by atoms with Gasteiger partial charge in [0.2, 0.25) is 0 Å². The lowest BCUT2D eigenvalue weighted by Crippen LogP contribution is -2.17. The number of benzene rings is 1. The monoisotopic (exact) mass is 419 g/mol. The summed E-state index contributed by atoms with van der Waals surface area (Å²) >= 11 is 4.11. The van der Waals surface area contributed by atoms with E-state index in [4.69, 9.17) is 14.6 Å². The molecular formula is C13H10BrNO6S2. The van der Waals surface area contributed by atoms with Crippen LogP contribution in [0, 0.1) is 0 Å². The van der Waals surface area contributed by atoms with Gasteiger partial charge in [-0.1, -0.05) is 0 Å². The van der Waals surface area contributed by atoms with E-state index in [1.807, 2.05) is 0 Å². The highest BCUT2D eigenvalue weighted by Crippen LogP contribution is 2.39. The zero-order valence-electron chi connectivity index (χ0n) is 11.4. The van der Waals surface area contributed by atoms with Gasteiger partial charge in [0.15, 0.2) is 11.5 Å². The van der Waals surface area contributed by atoms with Crippen molar-refractivity contribution in [1.82, 2.24) is 0 Å². The number of anilines is 1. The Bertz CT molecular complexity index is 877. The molecule has 0 spiro atoms. The van der Waals surface area contributed by atoms with Crippen molar-refractivity contribution in [3.05, 3.63) is 33.6 Å². The summed E-state index contributed by atoms with van der Waals surface area (Å²) in [5, 5.41) is 10.2. The second kappa shape index (κ2) is 6.02. The number of hydrogen-bond donors (Lipinski definition) is 2. The molecule has 2 N–H and O–H groups in total. The molecule has 0 saturated heterocycles. The third-order valence-corrected chi connectivity index (χ3v) is 6.42. The summed E-state index contributed by atoms with van der Waals surface area (Å²) in [4.78, 5) is 10.9. The molecule has 0 aliphatic carbocycles. The zero-order valence-corrected chi connectivity index (χ0v) is 14.6. The standard InChI is InChI=1S/C13H10BrNO6S2/c14-8-4-10-11(21-2-1-20-10)5-9(8)15-23(18,19)12-3-7(6-22-12)13(16)17/h3-6,15H,1-2H2,(H,16,17). The SMILES string of the molecule is O=C(O)c1csc(S(=O)(=O)Nc2cc3c(cc2Br)OCCO3)c1. The molecule has 2 aromatic rings. The Balaban J connectivity index is 1.92. The van der Waals surface area contributed by atoms with Gasteiger partial charge in [-0.05, 0) is 22.0 Å². The van der Waals surface area contributed by atoms with Crippen LogP contribution < -0.4 is 14.2 Å². The number of ether oxygens (including phenoxy) is 2. The number of carboxylic acids is 1. The minimum absolute atomic E-state index is 0.0726. The van der Waals surface area contributed by atoms with Crippen molar-refractivity contribution in [2.45, 2.75) is 4.21 Å². The summed E-state index contributed by atoms with van der Waals surface area (Å²) in [6.45, 7) is 0.811. The first-order chi connectivity index (χ1) is 10.9. The highest BCUT2D eigenvalue weighted by Gasteiger charge is 2.22. The zero-order chi connectivity index (χ0) is 16.6. The lowest BCUT2D eigenvalue weighted by Gasteiger charge is -2.20. The molecule has 122 valence electrons. The fraction of sp³-hybridized carbons (Fsp3) is 0.154.